The lowest BCUT2D eigenvalue weighted by atomic mass is 10.1. The Labute approximate surface area is 220 Å². The van der Waals surface area contributed by atoms with Crippen LogP contribution in [0.4, 0.5) is 17.6 Å². The van der Waals surface area contributed by atoms with Crippen molar-refractivity contribution in [1.29, 1.82) is 0 Å². The Kier molecular flexibility index (Phi) is 16.8. The Bertz CT molecular complexity index is 1210. The molecule has 0 atom stereocenters. The lowest BCUT2D eigenvalue weighted by molar-refractivity contribution is -0.137. The molecule has 0 radical (unpaired) electrons. The van der Waals surface area contributed by atoms with Crippen LogP contribution in [0.5, 0.6) is 11.5 Å². The maximum absolute atomic E-state index is 13.5. The normalized spacial score (nSPS) is 9.89. The molecule has 0 fully saturated rings. The summed E-state index contributed by atoms with van der Waals surface area (Å²) in [6.07, 6.45) is 6.71. The number of esters is 1. The van der Waals surface area contributed by atoms with E-state index in [1.165, 1.54) is 38.5 Å². The summed E-state index contributed by atoms with van der Waals surface area (Å²) in [5.74, 6) is -3.85. The summed E-state index contributed by atoms with van der Waals surface area (Å²) in [5, 5.41) is 8.00. The molecule has 204 valence electrons. The molecule has 13 heteroatoms. The molecule has 0 aliphatic rings. The summed E-state index contributed by atoms with van der Waals surface area (Å²) >= 11 is 4.71. The third-order valence-electron chi connectivity index (χ3n) is 3.92. The zero-order valence-electron chi connectivity index (χ0n) is 20.2. The van der Waals surface area contributed by atoms with Gasteiger partial charge in [0.25, 0.3) is 0 Å². The first-order chi connectivity index (χ1) is 18.1. The Morgan fingerprint density at radius 1 is 0.947 bits per heavy atom. The van der Waals surface area contributed by atoms with Gasteiger partial charge >= 0.3 is 12.2 Å². The first kappa shape index (κ1) is 33.8. The largest absolute Gasteiger partial charge is 0.493 e. The minimum absolute atomic E-state index is 0.00144. The van der Waals surface area contributed by atoms with Crippen LogP contribution in [-0.4, -0.2) is 54.8 Å². The molecule has 8 nitrogen and oxygen atoms in total. The van der Waals surface area contributed by atoms with Gasteiger partial charge in [0.2, 0.25) is 5.24 Å². The number of halogens is 5. The molecule has 0 spiro atoms. The van der Waals surface area contributed by atoms with E-state index in [-0.39, 0.29) is 35.8 Å². The molecule has 2 rings (SSSR count). The molecule has 0 aliphatic carbocycles. The van der Waals surface area contributed by atoms with Gasteiger partial charge in [-0.3, -0.25) is 4.79 Å². The molecule has 0 amide bonds. The van der Waals surface area contributed by atoms with Crippen molar-refractivity contribution >= 4 is 41.2 Å². The Hall–Kier alpha value is -4.25. The molecule has 0 heterocycles. The second kappa shape index (κ2) is 18.9. The summed E-state index contributed by atoms with van der Waals surface area (Å²) in [7, 11) is 2.47. The van der Waals surface area contributed by atoms with Gasteiger partial charge < -0.3 is 24.8 Å². The van der Waals surface area contributed by atoms with E-state index in [2.05, 4.69) is 16.1 Å². The van der Waals surface area contributed by atoms with Crippen molar-refractivity contribution in [2.75, 3.05) is 27.4 Å². The predicted molar refractivity (Wildman–Crippen MR) is 133 cm³/mol. The quantitative estimate of drug-likeness (QED) is 0.0903. The number of ether oxygens (including phenoxy) is 3. The average molecular weight is 559 g/mol. The summed E-state index contributed by atoms with van der Waals surface area (Å²) in [5.41, 5.74) is 7.96. The van der Waals surface area contributed by atoms with E-state index in [1.54, 1.807) is 0 Å². The van der Waals surface area contributed by atoms with Crippen molar-refractivity contribution in [2.24, 2.45) is 0 Å². The van der Waals surface area contributed by atoms with Gasteiger partial charge in [-0.15, -0.1) is 0 Å². The highest BCUT2D eigenvalue weighted by molar-refractivity contribution is 6.66. The zero-order chi connectivity index (χ0) is 29.1. The minimum Gasteiger partial charge on any atom is -0.493 e. The van der Waals surface area contributed by atoms with Gasteiger partial charge in [-0.1, -0.05) is 12.7 Å². The molecular formula is C25H23ClF4N2O6. The number of carbonyl (C=O) groups excluding carboxylic acids is 2. The van der Waals surface area contributed by atoms with Crippen LogP contribution in [-0.2, 0) is 14.3 Å². The van der Waals surface area contributed by atoms with E-state index < -0.39 is 34.5 Å². The Balaban J connectivity index is 0.000000631. The SMILES string of the molecule is C=CC(=O)Cl.COc1c(F)ccc(F)c1/C=C\CO.COc1c(F)ccc(F)c1/C=C\COC(=O)C=[N+]=[N-]. The summed E-state index contributed by atoms with van der Waals surface area (Å²) in [6, 6.07) is 3.91. The topological polar surface area (TPSA) is 118 Å². The van der Waals surface area contributed by atoms with Crippen LogP contribution in [0.1, 0.15) is 11.1 Å². The molecular weight excluding hydrogens is 536 g/mol. The van der Waals surface area contributed by atoms with Crippen molar-refractivity contribution in [3.8, 4) is 11.5 Å². The maximum atomic E-state index is 13.5. The molecule has 2 aromatic rings. The number of rotatable bonds is 9. The van der Waals surface area contributed by atoms with Crippen LogP contribution in [0.25, 0.3) is 17.7 Å². The number of aliphatic hydroxyl groups is 1. The number of allylic oxidation sites excluding steroid dienone is 1. The van der Waals surface area contributed by atoms with Crippen molar-refractivity contribution in [3.05, 3.63) is 89.0 Å². The summed E-state index contributed by atoms with van der Waals surface area (Å²) < 4.78 is 67.0. The second-order valence-corrected chi connectivity index (χ2v) is 6.69. The fourth-order valence-corrected chi connectivity index (χ4v) is 2.37. The number of aliphatic hydroxyl groups excluding tert-OH is 1. The highest BCUT2D eigenvalue weighted by Gasteiger charge is 2.12. The number of hydrogen-bond donors (Lipinski definition) is 1. The summed E-state index contributed by atoms with van der Waals surface area (Å²) in [6.45, 7) is 2.65. The van der Waals surface area contributed by atoms with Gasteiger partial charge in [-0.25, -0.2) is 22.4 Å². The van der Waals surface area contributed by atoms with Gasteiger partial charge in [0.05, 0.1) is 32.0 Å². The highest BCUT2D eigenvalue weighted by Crippen LogP contribution is 2.27. The highest BCUT2D eigenvalue weighted by atomic mass is 35.5. The van der Waals surface area contributed by atoms with Gasteiger partial charge in [0, 0.05) is 0 Å². The molecule has 0 aliphatic heterocycles. The molecule has 38 heavy (non-hydrogen) atoms. The lowest BCUT2D eigenvalue weighted by Crippen LogP contribution is -2.05. The third kappa shape index (κ3) is 12.1. The van der Waals surface area contributed by atoms with Gasteiger partial charge in [0.1, 0.15) is 18.2 Å². The minimum atomic E-state index is -0.862. The van der Waals surface area contributed by atoms with Crippen LogP contribution in [0.15, 0.2) is 49.1 Å². The van der Waals surface area contributed by atoms with Gasteiger partial charge in [-0.2, -0.15) is 4.79 Å². The Morgan fingerprint density at radius 3 is 1.74 bits per heavy atom. The van der Waals surface area contributed by atoms with E-state index >= 15 is 0 Å². The number of benzene rings is 2. The van der Waals surface area contributed by atoms with Crippen molar-refractivity contribution in [1.82, 2.24) is 0 Å². The van der Waals surface area contributed by atoms with E-state index in [1.807, 2.05) is 0 Å². The second-order valence-electron chi connectivity index (χ2n) is 6.32. The van der Waals surface area contributed by atoms with Crippen LogP contribution in [0, 0.1) is 23.3 Å². The van der Waals surface area contributed by atoms with Crippen LogP contribution in [0.3, 0.4) is 0 Å². The maximum Gasteiger partial charge on any atom is 0.413 e. The lowest BCUT2D eigenvalue weighted by Gasteiger charge is -2.06. The average Bonchev–Trinajstić information content (AvgIpc) is 2.89. The molecule has 0 saturated heterocycles. The van der Waals surface area contributed by atoms with Gasteiger partial charge in [-0.05, 0) is 60.2 Å². The van der Waals surface area contributed by atoms with Crippen molar-refractivity contribution in [3.63, 3.8) is 0 Å². The van der Waals surface area contributed by atoms with E-state index in [0.717, 1.165) is 30.3 Å². The van der Waals surface area contributed by atoms with E-state index in [4.69, 9.17) is 31.7 Å². The fraction of sp³-hybridized carbons (Fsp3) is 0.160. The first-order valence-electron chi connectivity index (χ1n) is 10.2. The number of carbonyl (C=O) groups is 2. The van der Waals surface area contributed by atoms with Crippen molar-refractivity contribution < 1.29 is 51.3 Å². The predicted octanol–water partition coefficient (Wildman–Crippen LogP) is 4.75. The molecule has 0 unspecified atom stereocenters. The molecule has 2 aromatic carbocycles. The van der Waals surface area contributed by atoms with Gasteiger partial charge in [0.15, 0.2) is 23.1 Å². The zero-order valence-corrected chi connectivity index (χ0v) is 20.9. The van der Waals surface area contributed by atoms with Crippen LogP contribution >= 0.6 is 11.6 Å². The molecule has 1 N–H and O–H groups in total. The summed E-state index contributed by atoms with van der Waals surface area (Å²) in [4.78, 5) is 22.7. The van der Waals surface area contributed by atoms with E-state index in [0.29, 0.717) is 6.21 Å². The Morgan fingerprint density at radius 2 is 1.37 bits per heavy atom. The smallest absolute Gasteiger partial charge is 0.413 e. The monoisotopic (exact) mass is 558 g/mol. The van der Waals surface area contributed by atoms with Crippen LogP contribution in [0.2, 0.25) is 0 Å². The number of methoxy groups -OCH3 is 2. The van der Waals surface area contributed by atoms with Crippen LogP contribution < -0.4 is 9.47 Å². The fourth-order valence-electron chi connectivity index (χ4n) is 2.37. The number of hydrogen-bond acceptors (Lipinski definition) is 6. The molecule has 0 saturated carbocycles. The molecule has 0 aromatic heterocycles. The third-order valence-corrected chi connectivity index (χ3v) is 4.07. The van der Waals surface area contributed by atoms with E-state index in [9.17, 15) is 27.2 Å². The van der Waals surface area contributed by atoms with Crippen molar-refractivity contribution in [2.45, 2.75) is 0 Å². The molecule has 0 bridgehead atoms. The standard InChI is InChI=1S/C12H10F2N2O3.C10H10F2O2.C3H3ClO/c1-18-12-8(9(13)4-5-10(12)14)3-2-6-19-11(17)7-16-15;1-14-10-7(3-2-6-13)8(11)4-5-9(10)12;1-2-3(4)5/h2-5,7H,6H2,1H3;2-5,13H,6H2,1H3;2H,1H2/b2*3-2-;. The first-order valence-corrected chi connectivity index (χ1v) is 10.6. The number of nitrogens with zero attached hydrogens (tertiary/aromatic N) is 2.